The molecule has 0 fully saturated rings. The van der Waals surface area contributed by atoms with Crippen molar-refractivity contribution in [1.29, 1.82) is 0 Å². The molecule has 15 aromatic carbocycles. The van der Waals surface area contributed by atoms with E-state index in [0.29, 0.717) is 34.9 Å². The summed E-state index contributed by atoms with van der Waals surface area (Å²) in [5, 5.41) is 12.1. The van der Waals surface area contributed by atoms with Gasteiger partial charge in [0.1, 0.15) is 0 Å². The predicted octanol–water partition coefficient (Wildman–Crippen LogP) is 26.1. The van der Waals surface area contributed by atoms with E-state index in [2.05, 4.69) is 301 Å². The summed E-state index contributed by atoms with van der Waals surface area (Å²) in [4.78, 5) is 31.2. The predicted molar refractivity (Wildman–Crippen MR) is 459 cm³/mol. The van der Waals surface area contributed by atoms with Crippen molar-refractivity contribution in [3.8, 4) is 96.5 Å². The Morgan fingerprint density at radius 2 is 0.609 bits per heavy atom. The zero-order chi connectivity index (χ0) is 72.7. The van der Waals surface area contributed by atoms with E-state index in [0.717, 1.165) is 66.7 Å². The van der Waals surface area contributed by atoms with Gasteiger partial charge in [0, 0.05) is 129 Å². The molecule has 11 heteroatoms. The van der Waals surface area contributed by atoms with Gasteiger partial charge in [-0.25, -0.2) is 29.9 Å². The molecule has 0 aliphatic heterocycles. The number of benzene rings is 15. The van der Waals surface area contributed by atoms with Gasteiger partial charge in [0.25, 0.3) is 0 Å². The number of fused-ring (bicyclic) bond motifs is 20. The number of nitrogens with zero attached hydrogens (tertiary/aromatic N) is 9. The van der Waals surface area contributed by atoms with Crippen LogP contribution < -0.4 is 0 Å². The molecule has 0 atom stereocenters. The minimum atomic E-state index is -0.189. The van der Waals surface area contributed by atoms with Crippen molar-refractivity contribution in [2.75, 3.05) is 0 Å². The molecule has 22 aromatic rings. The lowest BCUT2D eigenvalue weighted by atomic mass is 9.81. The van der Waals surface area contributed by atoms with Crippen LogP contribution in [0.1, 0.15) is 25.0 Å². The zero-order valence-electron chi connectivity index (χ0n) is 59.8. The molecule has 0 saturated carbocycles. The van der Waals surface area contributed by atoms with Gasteiger partial charge in [-0.15, -0.1) is 22.7 Å². The van der Waals surface area contributed by atoms with Gasteiger partial charge in [-0.2, -0.15) is 0 Å². The first kappa shape index (κ1) is 63.4. The third-order valence-corrected chi connectivity index (χ3v) is 24.4. The third kappa shape index (κ3) is 9.98. The maximum Gasteiger partial charge on any atom is 0.164 e. The van der Waals surface area contributed by atoms with Gasteiger partial charge in [0.15, 0.2) is 34.9 Å². The summed E-state index contributed by atoms with van der Waals surface area (Å²) in [6.45, 7) is 4.75. The fourth-order valence-electron chi connectivity index (χ4n) is 17.4. The van der Waals surface area contributed by atoms with Crippen LogP contribution in [0.4, 0.5) is 0 Å². The first-order chi connectivity index (χ1) is 54.3. The zero-order valence-corrected chi connectivity index (χ0v) is 61.4. The largest absolute Gasteiger partial charge is 0.309 e. The van der Waals surface area contributed by atoms with Crippen LogP contribution in [0.2, 0.25) is 0 Å². The van der Waals surface area contributed by atoms with Crippen LogP contribution >= 0.6 is 22.7 Å². The highest BCUT2D eigenvalue weighted by molar-refractivity contribution is 7.26. The first-order valence-corrected chi connectivity index (χ1v) is 38.8. The Kier molecular flexibility index (Phi) is 14.5. The van der Waals surface area contributed by atoms with Gasteiger partial charge >= 0.3 is 0 Å². The topological polar surface area (TPSA) is 92.1 Å². The van der Waals surface area contributed by atoms with E-state index in [-0.39, 0.29) is 5.41 Å². The molecule has 9 nitrogen and oxygen atoms in total. The Morgan fingerprint density at radius 1 is 0.236 bits per heavy atom. The van der Waals surface area contributed by atoms with Crippen molar-refractivity contribution in [2.24, 2.45) is 0 Å². The highest BCUT2D eigenvalue weighted by Gasteiger charge is 2.39. The van der Waals surface area contributed by atoms with E-state index in [1.807, 2.05) is 95.5 Å². The lowest BCUT2D eigenvalue weighted by Gasteiger charge is -2.24. The lowest BCUT2D eigenvalue weighted by molar-refractivity contribution is 0.664. The third-order valence-electron chi connectivity index (χ3n) is 22.2. The van der Waals surface area contributed by atoms with Crippen molar-refractivity contribution >= 4 is 128 Å². The van der Waals surface area contributed by atoms with Crippen molar-refractivity contribution in [2.45, 2.75) is 19.3 Å². The SMILES string of the molecule is CC1(C)c2ccccc2-c2ccc3c4ccccc4n(-c4cc(-c5nc(-c6ccccc6)nc(-c6ccccc6)n5)c5c(c4)sc4ccccc45)c3c21.c1ccc(-c2nc(-c3ccccc3)nc(-c3cc(-n4c5ccccc5c5ccc6c(c7ccccc7n6-c6ccccc6)c54)cc4sc5ccccc5c34)n2)cc1. The fourth-order valence-corrected chi connectivity index (χ4v) is 19.7. The average Bonchev–Trinajstić information content (AvgIpc) is 1.54. The molecule has 0 N–H and O–H groups in total. The second-order valence-corrected chi connectivity index (χ2v) is 31.0. The van der Waals surface area contributed by atoms with Crippen LogP contribution in [0, 0.1) is 0 Å². The van der Waals surface area contributed by atoms with Gasteiger partial charge in [0.2, 0.25) is 0 Å². The molecule has 0 amide bonds. The molecule has 1 aliphatic rings. The highest BCUT2D eigenvalue weighted by atomic mass is 32.1. The number of thiophene rings is 2. The van der Waals surface area contributed by atoms with E-state index in [4.69, 9.17) is 29.9 Å². The molecular formula is C99H63N9S2. The maximum atomic E-state index is 5.28. The smallest absolute Gasteiger partial charge is 0.164 e. The molecular weight excluding hydrogens is 1380 g/mol. The van der Waals surface area contributed by atoms with Crippen LogP contribution in [-0.4, -0.2) is 43.6 Å². The van der Waals surface area contributed by atoms with Crippen LogP contribution in [0.5, 0.6) is 0 Å². The summed E-state index contributed by atoms with van der Waals surface area (Å²) in [6.07, 6.45) is 0. The number of aromatic nitrogens is 9. The molecule has 0 radical (unpaired) electrons. The second kappa shape index (κ2) is 25.1. The molecule has 0 saturated heterocycles. The van der Waals surface area contributed by atoms with Gasteiger partial charge in [-0.1, -0.05) is 287 Å². The minimum Gasteiger partial charge on any atom is -0.309 e. The molecule has 23 rings (SSSR count). The van der Waals surface area contributed by atoms with Crippen LogP contribution in [0.3, 0.4) is 0 Å². The second-order valence-electron chi connectivity index (χ2n) is 28.8. The van der Waals surface area contributed by atoms with Crippen LogP contribution in [0.25, 0.3) is 202 Å². The average molecular weight is 1440 g/mol. The summed E-state index contributed by atoms with van der Waals surface area (Å²) in [5.74, 6) is 3.90. The number of para-hydroxylation sites is 4. The summed E-state index contributed by atoms with van der Waals surface area (Å²) in [6, 6.07) is 123. The molecule has 0 spiro atoms. The van der Waals surface area contributed by atoms with Gasteiger partial charge < -0.3 is 13.7 Å². The summed E-state index contributed by atoms with van der Waals surface area (Å²) >= 11 is 3.64. The van der Waals surface area contributed by atoms with E-state index in [1.165, 1.54) is 112 Å². The molecule has 516 valence electrons. The summed E-state index contributed by atoms with van der Waals surface area (Å²) < 4.78 is 12.2. The molecule has 7 aromatic heterocycles. The number of rotatable bonds is 9. The Morgan fingerprint density at radius 3 is 1.10 bits per heavy atom. The van der Waals surface area contributed by atoms with E-state index in [1.54, 1.807) is 0 Å². The van der Waals surface area contributed by atoms with E-state index in [9.17, 15) is 0 Å². The van der Waals surface area contributed by atoms with Crippen LogP contribution in [-0.2, 0) is 5.41 Å². The van der Waals surface area contributed by atoms with Crippen molar-refractivity contribution < 1.29 is 0 Å². The summed E-state index contributed by atoms with van der Waals surface area (Å²) in [5.41, 5.74) is 21.3. The minimum absolute atomic E-state index is 0.189. The Hall–Kier alpha value is -13.8. The highest BCUT2D eigenvalue weighted by Crippen LogP contribution is 2.54. The Labute approximate surface area is 640 Å². The number of hydrogen-bond acceptors (Lipinski definition) is 8. The van der Waals surface area contributed by atoms with Crippen molar-refractivity contribution in [3.05, 3.63) is 357 Å². The standard InChI is InChI=1S/C51H31N5S.C48H32N4S/c1-4-16-32(17-5-1)49-52-50(33-18-6-2-7-19-33)54-51(53-49)40-30-35(31-45-46(40)39-24-12-15-27-44(39)57-45)56-41-25-13-10-22-36(41)37-28-29-43-47(48(37)56)38-23-11-14-26-42(38)55(43)34-20-8-3-9-21-34;1-48(2)38-22-12-9-19-32(38)34-25-26-35-33-20-10-13-23-39(33)52(44(35)43(34)48)31-27-37(42-36-21-11-14-24-40(36)53-41(42)28-31)47-50-45(29-15-5-3-6-16-29)49-46(51-47)30-17-7-4-8-18-30/h1-31H;3-28H,1-2H3. The molecule has 1 aliphatic carbocycles. The Bertz CT molecular complexity index is 7370. The van der Waals surface area contributed by atoms with Crippen molar-refractivity contribution in [3.63, 3.8) is 0 Å². The molecule has 0 unspecified atom stereocenters. The molecule has 110 heavy (non-hydrogen) atoms. The van der Waals surface area contributed by atoms with Gasteiger partial charge in [-0.3, -0.25) is 0 Å². The van der Waals surface area contributed by atoms with Crippen LogP contribution in [0.15, 0.2) is 346 Å². The monoisotopic (exact) mass is 1440 g/mol. The molecule has 0 bridgehead atoms. The maximum absolute atomic E-state index is 5.28. The lowest BCUT2D eigenvalue weighted by Crippen LogP contribution is -2.16. The van der Waals surface area contributed by atoms with Gasteiger partial charge in [-0.05, 0) is 95.1 Å². The normalized spacial score (nSPS) is 12.5. The van der Waals surface area contributed by atoms with Crippen molar-refractivity contribution in [1.82, 2.24) is 43.6 Å². The fraction of sp³-hybridized carbons (Fsp3) is 0.0303. The quantitative estimate of drug-likeness (QED) is 0.143. The Balaban J connectivity index is 0.000000136. The molecule has 7 heterocycles. The summed E-state index contributed by atoms with van der Waals surface area (Å²) in [7, 11) is 0. The number of hydrogen-bond donors (Lipinski definition) is 0. The van der Waals surface area contributed by atoms with Gasteiger partial charge in [0.05, 0.1) is 33.1 Å². The first-order valence-electron chi connectivity index (χ1n) is 37.2. The van der Waals surface area contributed by atoms with E-state index >= 15 is 0 Å². The van der Waals surface area contributed by atoms with E-state index < -0.39 is 0 Å².